The van der Waals surface area contributed by atoms with Crippen LogP contribution >= 0.6 is 0 Å². The molecule has 1 amide bonds. The van der Waals surface area contributed by atoms with Crippen LogP contribution in [0.3, 0.4) is 0 Å². The summed E-state index contributed by atoms with van der Waals surface area (Å²) in [6.07, 6.45) is -3.35. The lowest BCUT2D eigenvalue weighted by Crippen LogP contribution is -2.49. The van der Waals surface area contributed by atoms with Crippen molar-refractivity contribution < 1.29 is 22.7 Å². The molecule has 1 aliphatic heterocycles. The molecule has 7 nitrogen and oxygen atoms in total. The molecule has 0 radical (unpaired) electrons. The van der Waals surface area contributed by atoms with Crippen LogP contribution in [0.15, 0.2) is 36.5 Å². The quantitative estimate of drug-likeness (QED) is 0.854. The standard InChI is InChI=1S/C18H20F3N5O2/c1-2-28-17(27)26-11-9-25(10-12-26)15-7-8-22-16(24-15)23-14-6-4-3-5-13(14)18(19,20)21/h3-8H,2,9-12H2,1H3,(H,22,23,24). The molecule has 1 N–H and O–H groups in total. The molecule has 2 heterocycles. The van der Waals surface area contributed by atoms with Gasteiger partial charge >= 0.3 is 12.3 Å². The summed E-state index contributed by atoms with van der Waals surface area (Å²) >= 11 is 0. The molecule has 1 fully saturated rings. The zero-order valence-electron chi connectivity index (χ0n) is 15.2. The zero-order valence-corrected chi connectivity index (χ0v) is 15.2. The minimum Gasteiger partial charge on any atom is -0.450 e. The highest BCUT2D eigenvalue weighted by Gasteiger charge is 2.33. The normalized spacial score (nSPS) is 14.7. The van der Waals surface area contributed by atoms with Gasteiger partial charge in [-0.05, 0) is 25.1 Å². The number of rotatable bonds is 4. The molecule has 0 aliphatic carbocycles. The van der Waals surface area contributed by atoms with Gasteiger partial charge in [-0.3, -0.25) is 0 Å². The number of nitrogens with zero attached hydrogens (tertiary/aromatic N) is 4. The van der Waals surface area contributed by atoms with Crippen LogP contribution in [0.5, 0.6) is 0 Å². The van der Waals surface area contributed by atoms with Crippen LogP contribution in [0.4, 0.5) is 35.4 Å². The third-order valence-corrected chi connectivity index (χ3v) is 4.25. The molecule has 0 spiro atoms. The van der Waals surface area contributed by atoms with Crippen molar-refractivity contribution in [2.24, 2.45) is 0 Å². The number of carbonyl (C=O) groups is 1. The van der Waals surface area contributed by atoms with Crippen molar-refractivity contribution in [3.05, 3.63) is 42.1 Å². The van der Waals surface area contributed by atoms with E-state index in [0.717, 1.165) is 6.07 Å². The highest BCUT2D eigenvalue weighted by molar-refractivity contribution is 5.68. The fourth-order valence-corrected chi connectivity index (χ4v) is 2.88. The van der Waals surface area contributed by atoms with Gasteiger partial charge in [-0.25, -0.2) is 9.78 Å². The topological polar surface area (TPSA) is 70.6 Å². The number of carbonyl (C=O) groups excluding carboxylic acids is 1. The van der Waals surface area contributed by atoms with Crippen molar-refractivity contribution in [3.8, 4) is 0 Å². The molecular formula is C18H20F3N5O2. The molecule has 2 aromatic rings. The van der Waals surface area contributed by atoms with Gasteiger partial charge in [0.15, 0.2) is 0 Å². The fraction of sp³-hybridized carbons (Fsp3) is 0.389. The molecule has 10 heteroatoms. The van der Waals surface area contributed by atoms with Gasteiger partial charge in [0.2, 0.25) is 5.95 Å². The number of aromatic nitrogens is 2. The van der Waals surface area contributed by atoms with E-state index in [4.69, 9.17) is 4.74 Å². The largest absolute Gasteiger partial charge is 0.450 e. The van der Waals surface area contributed by atoms with Crippen LogP contribution in [0.1, 0.15) is 12.5 Å². The molecule has 0 atom stereocenters. The Labute approximate surface area is 160 Å². The Kier molecular flexibility index (Phi) is 5.86. The summed E-state index contributed by atoms with van der Waals surface area (Å²) in [7, 11) is 0. The van der Waals surface area contributed by atoms with Gasteiger partial charge in [0.1, 0.15) is 5.82 Å². The average molecular weight is 395 g/mol. The van der Waals surface area contributed by atoms with E-state index in [-0.39, 0.29) is 17.7 Å². The first-order valence-corrected chi connectivity index (χ1v) is 8.81. The smallest absolute Gasteiger partial charge is 0.418 e. The molecule has 1 aromatic carbocycles. The second-order valence-corrected chi connectivity index (χ2v) is 6.08. The van der Waals surface area contributed by atoms with E-state index in [1.807, 2.05) is 4.90 Å². The predicted octanol–water partition coefficient (Wildman–Crippen LogP) is 3.52. The predicted molar refractivity (Wildman–Crippen MR) is 97.6 cm³/mol. The Bertz CT molecular complexity index is 823. The molecule has 0 unspecified atom stereocenters. The number of ether oxygens (including phenoxy) is 1. The van der Waals surface area contributed by atoms with Gasteiger partial charge < -0.3 is 19.9 Å². The number of hydrogen-bond donors (Lipinski definition) is 1. The molecule has 3 rings (SSSR count). The maximum Gasteiger partial charge on any atom is 0.418 e. The minimum absolute atomic E-state index is 0.0713. The van der Waals surface area contributed by atoms with E-state index < -0.39 is 11.7 Å². The number of alkyl halides is 3. The first-order chi connectivity index (χ1) is 13.4. The third kappa shape index (κ3) is 4.62. The number of halogens is 3. The van der Waals surface area contributed by atoms with Crippen LogP contribution in [0.2, 0.25) is 0 Å². The Morgan fingerprint density at radius 1 is 1.18 bits per heavy atom. The number of anilines is 3. The molecular weight excluding hydrogens is 375 g/mol. The summed E-state index contributed by atoms with van der Waals surface area (Å²) < 4.78 is 44.4. The molecule has 1 aliphatic rings. The number of benzene rings is 1. The van der Waals surface area contributed by atoms with Gasteiger partial charge in [-0.15, -0.1) is 0 Å². The number of nitrogens with one attached hydrogen (secondary N) is 1. The summed E-state index contributed by atoms with van der Waals surface area (Å²) in [5.74, 6) is 0.646. The summed E-state index contributed by atoms with van der Waals surface area (Å²) in [5, 5.41) is 2.65. The molecule has 1 aromatic heterocycles. The average Bonchev–Trinajstić information content (AvgIpc) is 2.68. The highest BCUT2D eigenvalue weighted by atomic mass is 19.4. The van der Waals surface area contributed by atoms with Crippen LogP contribution in [0.25, 0.3) is 0 Å². The Hall–Kier alpha value is -3.04. The lowest BCUT2D eigenvalue weighted by atomic mass is 10.1. The van der Waals surface area contributed by atoms with Gasteiger partial charge in [-0.1, -0.05) is 12.1 Å². The maximum atomic E-state index is 13.1. The van der Waals surface area contributed by atoms with Crippen LogP contribution in [0, 0.1) is 0 Å². The van der Waals surface area contributed by atoms with Gasteiger partial charge in [-0.2, -0.15) is 18.2 Å². The lowest BCUT2D eigenvalue weighted by Gasteiger charge is -2.34. The molecule has 0 saturated carbocycles. The Morgan fingerprint density at radius 3 is 2.57 bits per heavy atom. The third-order valence-electron chi connectivity index (χ3n) is 4.25. The van der Waals surface area contributed by atoms with Crippen molar-refractivity contribution in [3.63, 3.8) is 0 Å². The van der Waals surface area contributed by atoms with E-state index in [0.29, 0.717) is 38.6 Å². The Morgan fingerprint density at radius 2 is 1.89 bits per heavy atom. The van der Waals surface area contributed by atoms with Crippen LogP contribution in [-0.4, -0.2) is 53.7 Å². The minimum atomic E-state index is -4.48. The van der Waals surface area contributed by atoms with Crippen LogP contribution < -0.4 is 10.2 Å². The van der Waals surface area contributed by atoms with Gasteiger partial charge in [0.05, 0.1) is 17.9 Å². The summed E-state index contributed by atoms with van der Waals surface area (Å²) in [6.45, 7) is 4.09. The number of piperazine rings is 1. The van der Waals surface area contributed by atoms with E-state index in [1.165, 1.54) is 24.4 Å². The lowest BCUT2D eigenvalue weighted by molar-refractivity contribution is -0.136. The fourth-order valence-electron chi connectivity index (χ4n) is 2.88. The number of para-hydroxylation sites is 1. The highest BCUT2D eigenvalue weighted by Crippen LogP contribution is 2.35. The molecule has 1 saturated heterocycles. The van der Waals surface area contributed by atoms with Crippen molar-refractivity contribution in [1.29, 1.82) is 0 Å². The maximum absolute atomic E-state index is 13.1. The van der Waals surface area contributed by atoms with Crippen molar-refractivity contribution in [2.45, 2.75) is 13.1 Å². The summed E-state index contributed by atoms with van der Waals surface area (Å²) in [6, 6.07) is 6.85. The summed E-state index contributed by atoms with van der Waals surface area (Å²) in [4.78, 5) is 23.7. The first kappa shape index (κ1) is 19.7. The van der Waals surface area contributed by atoms with E-state index in [9.17, 15) is 18.0 Å². The monoisotopic (exact) mass is 395 g/mol. The van der Waals surface area contributed by atoms with E-state index in [2.05, 4.69) is 15.3 Å². The van der Waals surface area contributed by atoms with Crippen molar-refractivity contribution in [1.82, 2.24) is 14.9 Å². The zero-order chi connectivity index (χ0) is 20.1. The second-order valence-electron chi connectivity index (χ2n) is 6.08. The van der Waals surface area contributed by atoms with Crippen molar-refractivity contribution in [2.75, 3.05) is 43.0 Å². The SMILES string of the molecule is CCOC(=O)N1CCN(c2ccnc(Nc3ccccc3C(F)(F)F)n2)CC1. The second kappa shape index (κ2) is 8.32. The first-order valence-electron chi connectivity index (χ1n) is 8.81. The summed E-state index contributed by atoms with van der Waals surface area (Å²) in [5.41, 5.74) is -0.897. The van der Waals surface area contributed by atoms with E-state index >= 15 is 0 Å². The van der Waals surface area contributed by atoms with Gasteiger partial charge in [0, 0.05) is 32.4 Å². The number of amides is 1. The van der Waals surface area contributed by atoms with Crippen LogP contribution in [-0.2, 0) is 10.9 Å². The molecule has 150 valence electrons. The molecule has 0 bridgehead atoms. The molecule has 28 heavy (non-hydrogen) atoms. The Balaban J connectivity index is 1.70. The number of hydrogen-bond acceptors (Lipinski definition) is 6. The van der Waals surface area contributed by atoms with Crippen molar-refractivity contribution >= 4 is 23.5 Å². The van der Waals surface area contributed by atoms with Gasteiger partial charge in [0.25, 0.3) is 0 Å². The van der Waals surface area contributed by atoms with E-state index in [1.54, 1.807) is 17.9 Å².